The number of aliphatic imine (C=N–C) groups is 1. The first-order valence-electron chi connectivity index (χ1n) is 12.6. The van der Waals surface area contributed by atoms with Crippen LogP contribution in [0.25, 0.3) is 27.5 Å². The van der Waals surface area contributed by atoms with Crippen LogP contribution in [0.15, 0.2) is 138 Å². The Balaban J connectivity index is 1.29. The molecule has 1 aromatic heterocycles. The molecule has 0 bridgehead atoms. The molecule has 0 amide bonds. The molecule has 0 saturated heterocycles. The van der Waals surface area contributed by atoms with E-state index >= 15 is 0 Å². The maximum absolute atomic E-state index is 5.08. The quantitative estimate of drug-likeness (QED) is 0.283. The minimum Gasteiger partial charge on any atom is -0.350 e. The third kappa shape index (κ3) is 3.88. The predicted octanol–water partition coefficient (Wildman–Crippen LogP) is 7.12. The number of nitrogens with zero attached hydrogens (tertiary/aromatic N) is 2. The molecule has 4 heteroatoms. The maximum Gasteiger partial charge on any atom is 0.131 e. The summed E-state index contributed by atoms with van der Waals surface area (Å²) in [5.41, 5.74) is 6.94. The lowest BCUT2D eigenvalue weighted by Crippen LogP contribution is -2.44. The van der Waals surface area contributed by atoms with Crippen molar-refractivity contribution in [1.29, 1.82) is 0 Å². The van der Waals surface area contributed by atoms with Crippen molar-refractivity contribution in [3.05, 3.63) is 150 Å². The largest absolute Gasteiger partial charge is 0.350 e. The molecule has 1 aliphatic heterocycles. The summed E-state index contributed by atoms with van der Waals surface area (Å²) in [6, 6.07) is 46.8. The molecule has 6 aromatic rings. The van der Waals surface area contributed by atoms with Crippen molar-refractivity contribution in [3.8, 4) is 5.69 Å². The topological polar surface area (TPSA) is 41.4 Å². The monoisotopic (exact) mass is 478 g/mol. The van der Waals surface area contributed by atoms with E-state index in [1.165, 1.54) is 27.4 Å². The van der Waals surface area contributed by atoms with Crippen LogP contribution in [0.2, 0.25) is 0 Å². The SMILES string of the molecule is c1ccc(C2N=C(c3ccc(-n4c5ccccc5c5ccccc54)cc3)NC(c3ccccc3)N2)cc1. The van der Waals surface area contributed by atoms with Gasteiger partial charge in [-0.15, -0.1) is 0 Å². The lowest BCUT2D eigenvalue weighted by molar-refractivity contribution is 0.409. The summed E-state index contributed by atoms with van der Waals surface area (Å²) < 4.78 is 2.34. The van der Waals surface area contributed by atoms with Gasteiger partial charge >= 0.3 is 0 Å². The van der Waals surface area contributed by atoms with Gasteiger partial charge in [0, 0.05) is 22.0 Å². The number of aromatic nitrogens is 1. The van der Waals surface area contributed by atoms with Crippen LogP contribution in [0, 0.1) is 0 Å². The van der Waals surface area contributed by atoms with Gasteiger partial charge < -0.3 is 9.88 Å². The maximum atomic E-state index is 5.08. The summed E-state index contributed by atoms with van der Waals surface area (Å²) in [4.78, 5) is 5.08. The first kappa shape index (κ1) is 21.6. The van der Waals surface area contributed by atoms with Crippen LogP contribution in [-0.2, 0) is 0 Å². The molecular weight excluding hydrogens is 452 g/mol. The highest BCUT2D eigenvalue weighted by molar-refractivity contribution is 6.09. The Morgan fingerprint density at radius 1 is 0.541 bits per heavy atom. The number of fused-ring (bicyclic) bond motifs is 3. The predicted molar refractivity (Wildman–Crippen MR) is 152 cm³/mol. The van der Waals surface area contributed by atoms with Crippen molar-refractivity contribution in [2.75, 3.05) is 0 Å². The summed E-state index contributed by atoms with van der Waals surface area (Å²) in [6.45, 7) is 0. The van der Waals surface area contributed by atoms with Crippen LogP contribution in [0.3, 0.4) is 0 Å². The van der Waals surface area contributed by atoms with Crippen LogP contribution < -0.4 is 10.6 Å². The van der Waals surface area contributed by atoms with Gasteiger partial charge in [-0.05, 0) is 47.5 Å². The molecule has 0 fully saturated rings. The second kappa shape index (κ2) is 9.08. The fraction of sp³-hybridized carbons (Fsp3) is 0.0606. The summed E-state index contributed by atoms with van der Waals surface area (Å²) in [6.07, 6.45) is -0.185. The number of hydrogen-bond acceptors (Lipinski definition) is 3. The molecule has 4 nitrogen and oxygen atoms in total. The molecule has 178 valence electrons. The molecular formula is C33H26N4. The standard InChI is InChI=1S/C33H26N4/c1-3-11-23(12-4-1)31-34-32(24-13-5-2-6-14-24)36-33(35-31)25-19-21-26(22-20-25)37-29-17-9-7-15-27(29)28-16-8-10-18-30(28)37/h1-22,31-32,34H,(H,35,36). The third-order valence-corrected chi connectivity index (χ3v) is 7.09. The van der Waals surface area contributed by atoms with Crippen molar-refractivity contribution in [2.45, 2.75) is 12.3 Å². The van der Waals surface area contributed by atoms with Gasteiger partial charge in [0.2, 0.25) is 0 Å². The van der Waals surface area contributed by atoms with Gasteiger partial charge in [0.25, 0.3) is 0 Å². The van der Waals surface area contributed by atoms with Crippen LogP contribution in [-0.4, -0.2) is 10.4 Å². The van der Waals surface area contributed by atoms with Crippen molar-refractivity contribution in [2.24, 2.45) is 4.99 Å². The summed E-state index contributed by atoms with van der Waals surface area (Å²) in [5.74, 6) is 0.884. The molecule has 0 saturated carbocycles. The van der Waals surface area contributed by atoms with E-state index in [9.17, 15) is 0 Å². The Labute approximate surface area is 215 Å². The van der Waals surface area contributed by atoms with Crippen molar-refractivity contribution in [1.82, 2.24) is 15.2 Å². The number of nitrogens with one attached hydrogen (secondary N) is 2. The summed E-state index contributed by atoms with van der Waals surface area (Å²) >= 11 is 0. The Hall–Kier alpha value is -4.67. The molecule has 5 aromatic carbocycles. The Bertz CT molecular complexity index is 1660. The minimum atomic E-state index is -0.139. The van der Waals surface area contributed by atoms with E-state index in [-0.39, 0.29) is 12.3 Å². The molecule has 0 radical (unpaired) electrons. The Morgan fingerprint density at radius 3 is 1.70 bits per heavy atom. The van der Waals surface area contributed by atoms with Crippen molar-refractivity contribution < 1.29 is 0 Å². The van der Waals surface area contributed by atoms with E-state index in [1.54, 1.807) is 0 Å². The van der Waals surface area contributed by atoms with Crippen LogP contribution in [0.1, 0.15) is 29.0 Å². The van der Waals surface area contributed by atoms with Crippen LogP contribution in [0.5, 0.6) is 0 Å². The lowest BCUT2D eigenvalue weighted by Gasteiger charge is -2.32. The smallest absolute Gasteiger partial charge is 0.131 e. The van der Waals surface area contributed by atoms with Gasteiger partial charge in [-0.3, -0.25) is 5.32 Å². The summed E-state index contributed by atoms with van der Waals surface area (Å²) in [5, 5.41) is 9.82. The second-order valence-corrected chi connectivity index (χ2v) is 9.36. The fourth-order valence-corrected chi connectivity index (χ4v) is 5.30. The van der Waals surface area contributed by atoms with Gasteiger partial charge in [0.05, 0.1) is 11.0 Å². The molecule has 1 aliphatic rings. The number of amidine groups is 1. The first-order valence-corrected chi connectivity index (χ1v) is 12.6. The normalized spacial score (nSPS) is 17.5. The highest BCUT2D eigenvalue weighted by Gasteiger charge is 2.25. The van der Waals surface area contributed by atoms with Gasteiger partial charge in [-0.1, -0.05) is 97.1 Å². The molecule has 37 heavy (non-hydrogen) atoms. The highest BCUT2D eigenvalue weighted by Crippen LogP contribution is 2.32. The lowest BCUT2D eigenvalue weighted by atomic mass is 10.1. The molecule has 0 aliphatic carbocycles. The Morgan fingerprint density at radius 2 is 1.08 bits per heavy atom. The number of benzene rings is 5. The van der Waals surface area contributed by atoms with E-state index < -0.39 is 0 Å². The minimum absolute atomic E-state index is 0.0454. The third-order valence-electron chi connectivity index (χ3n) is 7.09. The van der Waals surface area contributed by atoms with Crippen LogP contribution in [0.4, 0.5) is 0 Å². The van der Waals surface area contributed by atoms with Gasteiger partial charge in [0.15, 0.2) is 0 Å². The zero-order valence-corrected chi connectivity index (χ0v) is 20.3. The molecule has 2 N–H and O–H groups in total. The van der Waals surface area contributed by atoms with Crippen molar-refractivity contribution in [3.63, 3.8) is 0 Å². The average molecular weight is 479 g/mol. The molecule has 2 atom stereocenters. The zero-order valence-electron chi connectivity index (χ0n) is 20.3. The van der Waals surface area contributed by atoms with Gasteiger partial charge in [-0.2, -0.15) is 0 Å². The number of rotatable bonds is 4. The molecule has 7 rings (SSSR count). The van der Waals surface area contributed by atoms with E-state index in [0.29, 0.717) is 0 Å². The van der Waals surface area contributed by atoms with E-state index in [0.717, 1.165) is 22.6 Å². The van der Waals surface area contributed by atoms with E-state index in [1.807, 2.05) is 12.1 Å². The average Bonchev–Trinajstić information content (AvgIpc) is 3.32. The Kier molecular flexibility index (Phi) is 5.30. The zero-order chi connectivity index (χ0) is 24.6. The van der Waals surface area contributed by atoms with Crippen LogP contribution >= 0.6 is 0 Å². The van der Waals surface area contributed by atoms with E-state index in [2.05, 4.69) is 137 Å². The number of para-hydroxylation sites is 2. The molecule has 2 unspecified atom stereocenters. The van der Waals surface area contributed by atoms with Gasteiger partial charge in [-0.25, -0.2) is 4.99 Å². The summed E-state index contributed by atoms with van der Waals surface area (Å²) in [7, 11) is 0. The molecule has 2 heterocycles. The molecule has 0 spiro atoms. The fourth-order valence-electron chi connectivity index (χ4n) is 5.30. The van der Waals surface area contributed by atoms with Crippen molar-refractivity contribution >= 4 is 27.6 Å². The second-order valence-electron chi connectivity index (χ2n) is 9.36. The highest BCUT2D eigenvalue weighted by atomic mass is 15.3. The van der Waals surface area contributed by atoms with Gasteiger partial charge in [0.1, 0.15) is 18.2 Å². The van der Waals surface area contributed by atoms with E-state index in [4.69, 9.17) is 4.99 Å². The number of hydrogen-bond donors (Lipinski definition) is 2. The first-order chi connectivity index (χ1) is 18.3.